The maximum absolute atomic E-state index is 6.06. The van der Waals surface area contributed by atoms with E-state index in [0.717, 1.165) is 28.6 Å². The van der Waals surface area contributed by atoms with Gasteiger partial charge in [-0.25, -0.2) is 0 Å². The zero-order valence-corrected chi connectivity index (χ0v) is 11.1. The largest absolute Gasteiger partial charge is 0.338 e. The number of hydrogen-bond acceptors (Lipinski definition) is 4. The van der Waals surface area contributed by atoms with Crippen molar-refractivity contribution in [1.29, 1.82) is 0 Å². The molecule has 0 aliphatic carbocycles. The Kier molecular flexibility index (Phi) is 4.45. The van der Waals surface area contributed by atoms with E-state index in [2.05, 4.69) is 17.1 Å². The lowest BCUT2D eigenvalue weighted by atomic mass is 10.3. The van der Waals surface area contributed by atoms with Gasteiger partial charge in [-0.05, 0) is 18.6 Å². The topological polar surface area (TPSA) is 38.9 Å². The SMILES string of the molecule is CCCc1noc(CSc2ccccc2Cl)n1. The Morgan fingerprint density at radius 2 is 2.18 bits per heavy atom. The summed E-state index contributed by atoms with van der Waals surface area (Å²) in [5, 5.41) is 4.66. The fourth-order valence-corrected chi connectivity index (χ4v) is 2.45. The highest BCUT2D eigenvalue weighted by Gasteiger charge is 2.07. The second-order valence-corrected chi connectivity index (χ2v) is 5.00. The van der Waals surface area contributed by atoms with Crippen LogP contribution in [0.5, 0.6) is 0 Å². The van der Waals surface area contributed by atoms with Gasteiger partial charge in [0, 0.05) is 11.3 Å². The zero-order valence-electron chi connectivity index (χ0n) is 9.52. The van der Waals surface area contributed by atoms with E-state index in [0.29, 0.717) is 11.6 Å². The van der Waals surface area contributed by atoms with E-state index in [9.17, 15) is 0 Å². The van der Waals surface area contributed by atoms with E-state index in [1.165, 1.54) is 0 Å². The summed E-state index contributed by atoms with van der Waals surface area (Å²) in [5.74, 6) is 2.08. The summed E-state index contributed by atoms with van der Waals surface area (Å²) >= 11 is 7.66. The molecule has 1 heterocycles. The summed E-state index contributed by atoms with van der Waals surface area (Å²) in [5.41, 5.74) is 0. The van der Waals surface area contributed by atoms with E-state index in [1.54, 1.807) is 11.8 Å². The molecule has 0 aliphatic heterocycles. The van der Waals surface area contributed by atoms with Crippen molar-refractivity contribution in [2.75, 3.05) is 0 Å². The summed E-state index contributed by atoms with van der Waals surface area (Å²) in [7, 11) is 0. The van der Waals surface area contributed by atoms with Crippen LogP contribution >= 0.6 is 23.4 Å². The number of hydrogen-bond donors (Lipinski definition) is 0. The molecule has 0 spiro atoms. The van der Waals surface area contributed by atoms with Crippen LogP contribution in [-0.4, -0.2) is 10.1 Å². The Morgan fingerprint density at radius 3 is 2.94 bits per heavy atom. The first-order valence-electron chi connectivity index (χ1n) is 5.48. The standard InChI is InChI=1S/C12H13ClN2OS/c1-2-5-11-14-12(16-15-11)8-17-10-7-4-3-6-9(10)13/h3-4,6-7H,2,5,8H2,1H3. The second-order valence-electron chi connectivity index (χ2n) is 3.57. The maximum Gasteiger partial charge on any atom is 0.237 e. The van der Waals surface area contributed by atoms with Gasteiger partial charge < -0.3 is 4.52 Å². The Hall–Kier alpha value is -1.00. The molecule has 90 valence electrons. The lowest BCUT2D eigenvalue weighted by Crippen LogP contribution is -1.86. The minimum Gasteiger partial charge on any atom is -0.338 e. The highest BCUT2D eigenvalue weighted by Crippen LogP contribution is 2.28. The molecule has 3 nitrogen and oxygen atoms in total. The lowest BCUT2D eigenvalue weighted by Gasteiger charge is -2.00. The van der Waals surface area contributed by atoms with Gasteiger partial charge in [-0.15, -0.1) is 11.8 Å². The molecule has 17 heavy (non-hydrogen) atoms. The molecule has 5 heteroatoms. The van der Waals surface area contributed by atoms with Gasteiger partial charge in [0.1, 0.15) is 0 Å². The molecule has 0 amide bonds. The van der Waals surface area contributed by atoms with Crippen LogP contribution in [0.2, 0.25) is 5.02 Å². The average Bonchev–Trinajstić information content (AvgIpc) is 2.76. The van der Waals surface area contributed by atoms with Gasteiger partial charge in [-0.1, -0.05) is 35.8 Å². The van der Waals surface area contributed by atoms with Crippen LogP contribution in [0.1, 0.15) is 25.1 Å². The van der Waals surface area contributed by atoms with Crippen molar-refractivity contribution in [2.45, 2.75) is 30.4 Å². The molecular formula is C12H13ClN2OS. The van der Waals surface area contributed by atoms with Gasteiger partial charge in [-0.2, -0.15) is 4.98 Å². The lowest BCUT2D eigenvalue weighted by molar-refractivity contribution is 0.384. The average molecular weight is 269 g/mol. The first-order chi connectivity index (χ1) is 8.29. The van der Waals surface area contributed by atoms with Crippen molar-refractivity contribution in [3.63, 3.8) is 0 Å². The quantitative estimate of drug-likeness (QED) is 0.769. The van der Waals surface area contributed by atoms with Crippen molar-refractivity contribution in [1.82, 2.24) is 10.1 Å². The summed E-state index contributed by atoms with van der Waals surface area (Å²) in [4.78, 5) is 5.33. The van der Waals surface area contributed by atoms with Crippen molar-refractivity contribution < 1.29 is 4.52 Å². The second kappa shape index (κ2) is 6.07. The summed E-state index contributed by atoms with van der Waals surface area (Å²) in [6.45, 7) is 2.09. The van der Waals surface area contributed by atoms with Crippen LogP contribution in [-0.2, 0) is 12.2 Å². The van der Waals surface area contributed by atoms with Crippen LogP contribution < -0.4 is 0 Å². The first-order valence-corrected chi connectivity index (χ1v) is 6.84. The molecule has 0 bridgehead atoms. The fourth-order valence-electron chi connectivity index (χ4n) is 1.38. The fraction of sp³-hybridized carbons (Fsp3) is 0.333. The van der Waals surface area contributed by atoms with E-state index in [1.807, 2.05) is 24.3 Å². The minimum atomic E-state index is 0.651. The van der Waals surface area contributed by atoms with E-state index >= 15 is 0 Å². The van der Waals surface area contributed by atoms with E-state index in [-0.39, 0.29) is 0 Å². The Bertz CT molecular complexity index is 487. The van der Waals surface area contributed by atoms with Crippen molar-refractivity contribution in [3.8, 4) is 0 Å². The van der Waals surface area contributed by atoms with Crippen LogP contribution in [0, 0.1) is 0 Å². The smallest absolute Gasteiger partial charge is 0.237 e. The van der Waals surface area contributed by atoms with Gasteiger partial charge in [0.05, 0.1) is 10.8 Å². The highest BCUT2D eigenvalue weighted by molar-refractivity contribution is 7.98. The molecule has 1 aromatic heterocycles. The van der Waals surface area contributed by atoms with Gasteiger partial charge in [0.2, 0.25) is 5.89 Å². The van der Waals surface area contributed by atoms with Crippen LogP contribution in [0.25, 0.3) is 0 Å². The maximum atomic E-state index is 6.06. The van der Waals surface area contributed by atoms with Gasteiger partial charge in [-0.3, -0.25) is 0 Å². The third kappa shape index (κ3) is 3.48. The number of rotatable bonds is 5. The van der Waals surface area contributed by atoms with Crippen molar-refractivity contribution >= 4 is 23.4 Å². The highest BCUT2D eigenvalue weighted by atomic mass is 35.5. The molecule has 2 rings (SSSR count). The number of nitrogens with zero attached hydrogens (tertiary/aromatic N) is 2. The number of halogens is 1. The number of aromatic nitrogens is 2. The molecular weight excluding hydrogens is 256 g/mol. The van der Waals surface area contributed by atoms with Crippen molar-refractivity contribution in [2.24, 2.45) is 0 Å². The van der Waals surface area contributed by atoms with E-state index in [4.69, 9.17) is 16.1 Å². The van der Waals surface area contributed by atoms with Gasteiger partial charge in [0.15, 0.2) is 5.82 Å². The van der Waals surface area contributed by atoms with Gasteiger partial charge >= 0.3 is 0 Å². The molecule has 0 fully saturated rings. The Balaban J connectivity index is 1.95. The van der Waals surface area contributed by atoms with Gasteiger partial charge in [0.25, 0.3) is 0 Å². The van der Waals surface area contributed by atoms with Crippen LogP contribution in [0.3, 0.4) is 0 Å². The molecule has 0 unspecified atom stereocenters. The van der Waals surface area contributed by atoms with E-state index < -0.39 is 0 Å². The Labute approximate surface area is 110 Å². The number of aryl methyl sites for hydroxylation is 1. The van der Waals surface area contributed by atoms with Crippen LogP contribution in [0.15, 0.2) is 33.7 Å². The molecule has 0 atom stereocenters. The third-order valence-corrected chi connectivity index (χ3v) is 3.67. The molecule has 0 radical (unpaired) electrons. The first kappa shape index (κ1) is 12.5. The Morgan fingerprint density at radius 1 is 1.35 bits per heavy atom. The normalized spacial score (nSPS) is 10.7. The number of thioether (sulfide) groups is 1. The number of benzene rings is 1. The minimum absolute atomic E-state index is 0.651. The molecule has 0 aliphatic rings. The molecule has 0 N–H and O–H groups in total. The summed E-state index contributed by atoms with van der Waals surface area (Å²) < 4.78 is 5.15. The van der Waals surface area contributed by atoms with Crippen molar-refractivity contribution in [3.05, 3.63) is 41.0 Å². The predicted octanol–water partition coefficient (Wildman–Crippen LogP) is 3.97. The molecule has 0 saturated carbocycles. The molecule has 1 aromatic carbocycles. The predicted molar refractivity (Wildman–Crippen MR) is 69.3 cm³/mol. The summed E-state index contributed by atoms with van der Waals surface area (Å²) in [6, 6.07) is 7.74. The van der Waals surface area contributed by atoms with Crippen LogP contribution in [0.4, 0.5) is 0 Å². The zero-order chi connectivity index (χ0) is 12.1. The summed E-state index contributed by atoms with van der Waals surface area (Å²) in [6.07, 6.45) is 1.89. The molecule has 0 saturated heterocycles. The molecule has 2 aromatic rings. The third-order valence-electron chi connectivity index (χ3n) is 2.17. The monoisotopic (exact) mass is 268 g/mol.